The van der Waals surface area contributed by atoms with Crippen molar-refractivity contribution in [2.75, 3.05) is 6.54 Å². The van der Waals surface area contributed by atoms with Crippen LogP contribution in [0.3, 0.4) is 0 Å². The highest BCUT2D eigenvalue weighted by atomic mass is 16.6. The maximum Gasteiger partial charge on any atom is 0.270 e. The predicted molar refractivity (Wildman–Crippen MR) is 80.3 cm³/mol. The largest absolute Gasteiger partial charge is 0.347 e. The average molecular weight is 291 g/mol. The van der Waals surface area contributed by atoms with Gasteiger partial charge in [-0.25, -0.2) is 0 Å². The highest BCUT2D eigenvalue weighted by Crippen LogP contribution is 2.19. The summed E-state index contributed by atoms with van der Waals surface area (Å²) in [6.07, 6.45) is 1.00. The Labute approximate surface area is 124 Å². The van der Waals surface area contributed by atoms with Gasteiger partial charge in [0.1, 0.15) is 0 Å². The number of hydrogen-bond donors (Lipinski definition) is 2. The van der Waals surface area contributed by atoms with Crippen molar-refractivity contribution in [3.63, 3.8) is 0 Å². The molecule has 114 valence electrons. The van der Waals surface area contributed by atoms with Gasteiger partial charge in [-0.1, -0.05) is 6.92 Å². The smallest absolute Gasteiger partial charge is 0.270 e. The molecule has 6 nitrogen and oxygen atoms in total. The second-order valence-corrected chi connectivity index (χ2v) is 5.82. The maximum absolute atomic E-state index is 12.4. The molecule has 6 heteroatoms. The van der Waals surface area contributed by atoms with Crippen LogP contribution in [0.5, 0.6) is 0 Å². The van der Waals surface area contributed by atoms with Crippen LogP contribution in [0.15, 0.2) is 18.2 Å². The number of piperidine rings is 1. The Kier molecular flexibility index (Phi) is 4.57. The standard InChI is InChI=1S/C15H21N3O3/c1-9-6-12(8-13(7-9)18(20)21)15(19)17-14-10(2)4-5-16-11(14)3/h6-8,10-11,14,16H,4-5H2,1-3H3,(H,17,19). The number of rotatable bonds is 3. The molecule has 1 amide bonds. The summed E-state index contributed by atoms with van der Waals surface area (Å²) in [6.45, 7) is 6.85. The summed E-state index contributed by atoms with van der Waals surface area (Å²) in [6, 6.07) is 4.69. The second-order valence-electron chi connectivity index (χ2n) is 5.82. The van der Waals surface area contributed by atoms with E-state index < -0.39 is 4.92 Å². The predicted octanol–water partition coefficient (Wildman–Crippen LogP) is 2.02. The molecule has 0 aromatic heterocycles. The number of carbonyl (C=O) groups excluding carboxylic acids is 1. The minimum absolute atomic E-state index is 0.0332. The van der Waals surface area contributed by atoms with E-state index in [4.69, 9.17) is 0 Å². The van der Waals surface area contributed by atoms with Crippen molar-refractivity contribution in [1.82, 2.24) is 10.6 Å². The molecule has 0 aliphatic carbocycles. The molecule has 1 aromatic rings. The van der Waals surface area contributed by atoms with Crippen LogP contribution in [-0.4, -0.2) is 29.5 Å². The van der Waals surface area contributed by atoms with E-state index in [2.05, 4.69) is 17.6 Å². The molecule has 1 aliphatic heterocycles. The fourth-order valence-electron chi connectivity index (χ4n) is 2.84. The topological polar surface area (TPSA) is 84.3 Å². The van der Waals surface area contributed by atoms with E-state index in [-0.39, 0.29) is 23.7 Å². The van der Waals surface area contributed by atoms with E-state index >= 15 is 0 Å². The van der Waals surface area contributed by atoms with E-state index in [0.29, 0.717) is 17.0 Å². The molecule has 1 saturated heterocycles. The SMILES string of the molecule is Cc1cc(C(=O)NC2C(C)CCNC2C)cc([N+](=O)[O-])c1. The normalized spacial score (nSPS) is 25.4. The highest BCUT2D eigenvalue weighted by molar-refractivity contribution is 5.95. The number of hydrogen-bond acceptors (Lipinski definition) is 4. The molecule has 1 heterocycles. The molecule has 2 N–H and O–H groups in total. The van der Waals surface area contributed by atoms with Gasteiger partial charge < -0.3 is 10.6 Å². The van der Waals surface area contributed by atoms with Crippen molar-refractivity contribution in [2.45, 2.75) is 39.3 Å². The fourth-order valence-corrected chi connectivity index (χ4v) is 2.84. The maximum atomic E-state index is 12.4. The third-order valence-corrected chi connectivity index (χ3v) is 4.05. The van der Waals surface area contributed by atoms with Crippen LogP contribution in [0.4, 0.5) is 5.69 Å². The molecular formula is C15H21N3O3. The summed E-state index contributed by atoms with van der Waals surface area (Å²) in [5, 5.41) is 17.2. The minimum Gasteiger partial charge on any atom is -0.347 e. The number of aryl methyl sites for hydroxylation is 1. The van der Waals surface area contributed by atoms with Crippen LogP contribution in [0.1, 0.15) is 36.2 Å². The van der Waals surface area contributed by atoms with Crippen LogP contribution < -0.4 is 10.6 Å². The van der Waals surface area contributed by atoms with Crippen LogP contribution in [0.25, 0.3) is 0 Å². The summed E-state index contributed by atoms with van der Waals surface area (Å²) in [5.74, 6) is 0.124. The molecule has 3 atom stereocenters. The number of nitrogens with one attached hydrogen (secondary N) is 2. The second kappa shape index (κ2) is 6.22. The van der Waals surface area contributed by atoms with E-state index in [1.165, 1.54) is 12.1 Å². The van der Waals surface area contributed by atoms with Gasteiger partial charge in [0.15, 0.2) is 0 Å². The summed E-state index contributed by atoms with van der Waals surface area (Å²) in [5.41, 5.74) is 0.993. The first kappa shape index (κ1) is 15.4. The number of amides is 1. The molecule has 0 bridgehead atoms. The molecule has 0 radical (unpaired) electrons. The molecule has 3 unspecified atom stereocenters. The van der Waals surface area contributed by atoms with Gasteiger partial charge in [0.2, 0.25) is 0 Å². The fraction of sp³-hybridized carbons (Fsp3) is 0.533. The van der Waals surface area contributed by atoms with Gasteiger partial charge in [-0.15, -0.1) is 0 Å². The van der Waals surface area contributed by atoms with Crippen LogP contribution >= 0.6 is 0 Å². The summed E-state index contributed by atoms with van der Waals surface area (Å²) < 4.78 is 0. The van der Waals surface area contributed by atoms with Gasteiger partial charge in [-0.3, -0.25) is 14.9 Å². The lowest BCUT2D eigenvalue weighted by atomic mass is 9.89. The van der Waals surface area contributed by atoms with Crippen molar-refractivity contribution in [3.05, 3.63) is 39.4 Å². The monoisotopic (exact) mass is 291 g/mol. The first-order valence-electron chi connectivity index (χ1n) is 7.19. The number of nitrogens with zero attached hydrogens (tertiary/aromatic N) is 1. The lowest BCUT2D eigenvalue weighted by molar-refractivity contribution is -0.384. The van der Waals surface area contributed by atoms with Crippen LogP contribution in [0, 0.1) is 23.0 Å². The average Bonchev–Trinajstić information content (AvgIpc) is 2.42. The Balaban J connectivity index is 2.18. The molecule has 1 aromatic carbocycles. The van der Waals surface area contributed by atoms with Gasteiger partial charge >= 0.3 is 0 Å². The summed E-state index contributed by atoms with van der Waals surface area (Å²) >= 11 is 0. The molecule has 0 saturated carbocycles. The third kappa shape index (κ3) is 3.58. The van der Waals surface area contributed by atoms with E-state index in [1.807, 2.05) is 6.92 Å². The van der Waals surface area contributed by atoms with Crippen molar-refractivity contribution in [3.8, 4) is 0 Å². The van der Waals surface area contributed by atoms with Crippen LogP contribution in [0.2, 0.25) is 0 Å². The van der Waals surface area contributed by atoms with Gasteiger partial charge in [-0.05, 0) is 44.4 Å². The zero-order valence-electron chi connectivity index (χ0n) is 12.6. The van der Waals surface area contributed by atoms with Crippen LogP contribution in [-0.2, 0) is 0 Å². The Morgan fingerprint density at radius 2 is 2.10 bits per heavy atom. The number of nitro groups is 1. The number of non-ortho nitro benzene ring substituents is 1. The van der Waals surface area contributed by atoms with Gasteiger partial charge in [0.05, 0.1) is 4.92 Å². The van der Waals surface area contributed by atoms with Crippen molar-refractivity contribution >= 4 is 11.6 Å². The van der Waals surface area contributed by atoms with Gasteiger partial charge in [0.25, 0.3) is 11.6 Å². The zero-order valence-corrected chi connectivity index (χ0v) is 12.6. The number of nitro benzene ring substituents is 1. The zero-order chi connectivity index (χ0) is 15.6. The number of benzene rings is 1. The molecular weight excluding hydrogens is 270 g/mol. The first-order valence-corrected chi connectivity index (χ1v) is 7.19. The van der Waals surface area contributed by atoms with E-state index in [9.17, 15) is 14.9 Å². The van der Waals surface area contributed by atoms with Crippen molar-refractivity contribution < 1.29 is 9.72 Å². The molecule has 1 aliphatic rings. The van der Waals surface area contributed by atoms with E-state index in [1.54, 1.807) is 13.0 Å². The highest BCUT2D eigenvalue weighted by Gasteiger charge is 2.29. The molecule has 2 rings (SSSR count). The summed E-state index contributed by atoms with van der Waals surface area (Å²) in [4.78, 5) is 22.8. The lowest BCUT2D eigenvalue weighted by Gasteiger charge is -2.36. The molecule has 0 spiro atoms. The van der Waals surface area contributed by atoms with Gasteiger partial charge in [0, 0.05) is 29.8 Å². The third-order valence-electron chi connectivity index (χ3n) is 4.05. The molecule has 21 heavy (non-hydrogen) atoms. The van der Waals surface area contributed by atoms with Crippen molar-refractivity contribution in [2.24, 2.45) is 5.92 Å². The minimum atomic E-state index is -0.475. The Morgan fingerprint density at radius 3 is 2.71 bits per heavy atom. The molecule has 1 fully saturated rings. The Morgan fingerprint density at radius 1 is 1.38 bits per heavy atom. The Bertz CT molecular complexity index is 549. The van der Waals surface area contributed by atoms with Crippen molar-refractivity contribution in [1.29, 1.82) is 0 Å². The number of carbonyl (C=O) groups is 1. The van der Waals surface area contributed by atoms with E-state index in [0.717, 1.165) is 13.0 Å². The lowest BCUT2D eigenvalue weighted by Crippen LogP contribution is -2.55. The quantitative estimate of drug-likeness (QED) is 0.659. The summed E-state index contributed by atoms with van der Waals surface area (Å²) in [7, 11) is 0. The Hall–Kier alpha value is -1.95. The first-order chi connectivity index (χ1) is 9.88. The van der Waals surface area contributed by atoms with Gasteiger partial charge in [-0.2, -0.15) is 0 Å².